The van der Waals surface area contributed by atoms with Crippen molar-refractivity contribution in [2.24, 2.45) is 5.73 Å². The van der Waals surface area contributed by atoms with Crippen molar-refractivity contribution in [2.45, 2.75) is 26.5 Å². The van der Waals surface area contributed by atoms with Gasteiger partial charge < -0.3 is 10.5 Å². The molecule has 0 unspecified atom stereocenters. The molecule has 1 atom stereocenters. The van der Waals surface area contributed by atoms with Gasteiger partial charge in [-0.25, -0.2) is 4.39 Å². The van der Waals surface area contributed by atoms with Crippen LogP contribution in [0.25, 0.3) is 0 Å². The summed E-state index contributed by atoms with van der Waals surface area (Å²) in [5, 5.41) is 0.107. The minimum absolute atomic E-state index is 0.0203. The van der Waals surface area contributed by atoms with Gasteiger partial charge in [0.05, 0.1) is 5.02 Å². The first kappa shape index (κ1) is 14.8. The predicted molar refractivity (Wildman–Crippen MR) is 79.5 cm³/mol. The third-order valence-corrected chi connectivity index (χ3v) is 3.43. The second-order valence-corrected chi connectivity index (χ2v) is 5.22. The summed E-state index contributed by atoms with van der Waals surface area (Å²) >= 11 is 5.74. The number of hydrogen-bond acceptors (Lipinski definition) is 2. The minimum Gasteiger partial charge on any atom is -0.489 e. The Kier molecular flexibility index (Phi) is 4.63. The number of ether oxygens (including phenoxy) is 1. The highest BCUT2D eigenvalue weighted by Crippen LogP contribution is 2.24. The third-order valence-electron chi connectivity index (χ3n) is 3.14. The first-order chi connectivity index (χ1) is 9.49. The van der Waals surface area contributed by atoms with Crippen molar-refractivity contribution in [1.29, 1.82) is 0 Å². The topological polar surface area (TPSA) is 35.2 Å². The van der Waals surface area contributed by atoms with E-state index >= 15 is 0 Å². The molecular formula is C16H17ClFNO. The predicted octanol–water partition coefficient (Wildman–Crippen LogP) is 4.39. The van der Waals surface area contributed by atoms with Gasteiger partial charge in [0.25, 0.3) is 0 Å². The van der Waals surface area contributed by atoms with Crippen molar-refractivity contribution in [3.8, 4) is 5.75 Å². The van der Waals surface area contributed by atoms with Crippen LogP contribution in [0.15, 0.2) is 36.4 Å². The van der Waals surface area contributed by atoms with Crippen LogP contribution < -0.4 is 10.5 Å². The summed E-state index contributed by atoms with van der Waals surface area (Å²) in [7, 11) is 0. The van der Waals surface area contributed by atoms with Gasteiger partial charge in [-0.15, -0.1) is 0 Å². The van der Waals surface area contributed by atoms with E-state index in [0.29, 0.717) is 11.3 Å². The number of halogens is 2. The molecule has 2 aromatic rings. The average Bonchev–Trinajstić information content (AvgIpc) is 2.41. The van der Waals surface area contributed by atoms with Crippen LogP contribution in [-0.4, -0.2) is 0 Å². The van der Waals surface area contributed by atoms with E-state index in [1.807, 2.05) is 32.0 Å². The maximum Gasteiger partial charge on any atom is 0.148 e. The summed E-state index contributed by atoms with van der Waals surface area (Å²) in [5.74, 6) is 0.285. The first-order valence-corrected chi connectivity index (χ1v) is 6.78. The molecule has 20 heavy (non-hydrogen) atoms. The monoisotopic (exact) mass is 293 g/mol. The molecule has 0 fully saturated rings. The molecule has 0 aliphatic rings. The summed E-state index contributed by atoms with van der Waals surface area (Å²) in [4.78, 5) is 0. The molecule has 0 saturated carbocycles. The lowest BCUT2D eigenvalue weighted by molar-refractivity contribution is 0.297. The second kappa shape index (κ2) is 6.25. The van der Waals surface area contributed by atoms with Crippen molar-refractivity contribution in [2.75, 3.05) is 0 Å². The normalized spacial score (nSPS) is 12.2. The molecule has 0 aliphatic carbocycles. The summed E-state index contributed by atoms with van der Waals surface area (Å²) in [5.41, 5.74) is 8.29. The van der Waals surface area contributed by atoms with Crippen LogP contribution in [0.5, 0.6) is 5.75 Å². The Balaban J connectivity index is 2.13. The Labute approximate surface area is 123 Å². The van der Waals surface area contributed by atoms with E-state index in [2.05, 4.69) is 0 Å². The van der Waals surface area contributed by atoms with Gasteiger partial charge >= 0.3 is 0 Å². The zero-order valence-electron chi connectivity index (χ0n) is 11.5. The summed E-state index contributed by atoms with van der Waals surface area (Å²) in [6, 6.07) is 10.6. The maximum atomic E-state index is 13.7. The lowest BCUT2D eigenvalue weighted by atomic mass is 10.1. The van der Waals surface area contributed by atoms with E-state index in [4.69, 9.17) is 22.1 Å². The second-order valence-electron chi connectivity index (χ2n) is 4.82. The van der Waals surface area contributed by atoms with Gasteiger partial charge in [0, 0.05) is 11.6 Å². The van der Waals surface area contributed by atoms with Gasteiger partial charge in [-0.3, -0.25) is 0 Å². The number of benzene rings is 2. The van der Waals surface area contributed by atoms with Crippen LogP contribution in [0, 0.1) is 12.7 Å². The Morgan fingerprint density at radius 3 is 2.70 bits per heavy atom. The van der Waals surface area contributed by atoms with Crippen LogP contribution >= 0.6 is 11.6 Å². The molecule has 2 nitrogen and oxygen atoms in total. The molecule has 0 saturated heterocycles. The fraction of sp³-hybridized carbons (Fsp3) is 0.250. The van der Waals surface area contributed by atoms with Gasteiger partial charge in [0.15, 0.2) is 0 Å². The summed E-state index contributed by atoms with van der Waals surface area (Å²) in [6.07, 6.45) is 0. The highest BCUT2D eigenvalue weighted by atomic mass is 35.5. The highest BCUT2D eigenvalue weighted by Gasteiger charge is 2.08. The number of hydrogen-bond donors (Lipinski definition) is 1. The lowest BCUT2D eigenvalue weighted by Gasteiger charge is -2.13. The number of nitrogens with two attached hydrogens (primary N) is 1. The average molecular weight is 294 g/mol. The molecule has 0 heterocycles. The lowest BCUT2D eigenvalue weighted by Crippen LogP contribution is -2.06. The Morgan fingerprint density at radius 2 is 2.05 bits per heavy atom. The van der Waals surface area contributed by atoms with E-state index in [1.165, 1.54) is 6.07 Å². The molecule has 0 aromatic heterocycles. The van der Waals surface area contributed by atoms with Crippen LogP contribution in [0.3, 0.4) is 0 Å². The standard InChI is InChI=1S/C16H17ClFNO/c1-10-8-12(11(2)19)6-7-15(10)20-9-13-4-3-5-14(17)16(13)18/h3-8,11H,9,19H2,1-2H3/t11-/m1/s1. The summed E-state index contributed by atoms with van der Waals surface area (Å²) in [6.45, 7) is 4.01. The summed E-state index contributed by atoms with van der Waals surface area (Å²) < 4.78 is 19.4. The molecule has 0 amide bonds. The van der Waals surface area contributed by atoms with E-state index in [9.17, 15) is 4.39 Å². The minimum atomic E-state index is -0.431. The van der Waals surface area contributed by atoms with Crippen LogP contribution in [0.1, 0.15) is 29.7 Å². The molecule has 2 aromatic carbocycles. The van der Waals surface area contributed by atoms with Crippen molar-refractivity contribution < 1.29 is 9.13 Å². The van der Waals surface area contributed by atoms with Crippen molar-refractivity contribution in [1.82, 2.24) is 0 Å². The quantitative estimate of drug-likeness (QED) is 0.907. The molecule has 106 valence electrons. The smallest absolute Gasteiger partial charge is 0.148 e. The molecular weight excluding hydrogens is 277 g/mol. The van der Waals surface area contributed by atoms with Crippen LogP contribution in [-0.2, 0) is 6.61 Å². The zero-order chi connectivity index (χ0) is 14.7. The van der Waals surface area contributed by atoms with Crippen LogP contribution in [0.4, 0.5) is 4.39 Å². The molecule has 0 spiro atoms. The fourth-order valence-corrected chi connectivity index (χ4v) is 2.13. The molecule has 4 heteroatoms. The number of aryl methyl sites for hydroxylation is 1. The Hall–Kier alpha value is -1.58. The van der Waals surface area contributed by atoms with Crippen molar-refractivity contribution in [3.63, 3.8) is 0 Å². The van der Waals surface area contributed by atoms with Gasteiger partial charge in [0.1, 0.15) is 18.2 Å². The van der Waals surface area contributed by atoms with E-state index in [-0.39, 0.29) is 17.7 Å². The molecule has 0 bridgehead atoms. The van der Waals surface area contributed by atoms with Gasteiger partial charge in [-0.2, -0.15) is 0 Å². The molecule has 0 aliphatic heterocycles. The van der Waals surface area contributed by atoms with Crippen molar-refractivity contribution in [3.05, 3.63) is 63.9 Å². The van der Waals surface area contributed by atoms with Crippen LogP contribution in [0.2, 0.25) is 5.02 Å². The van der Waals surface area contributed by atoms with E-state index in [1.54, 1.807) is 12.1 Å². The number of rotatable bonds is 4. The molecule has 2 N–H and O–H groups in total. The van der Waals surface area contributed by atoms with E-state index in [0.717, 1.165) is 11.1 Å². The SMILES string of the molecule is Cc1cc([C@@H](C)N)ccc1OCc1cccc(Cl)c1F. The third kappa shape index (κ3) is 3.30. The molecule has 2 rings (SSSR count). The fourth-order valence-electron chi connectivity index (χ4n) is 1.93. The Bertz CT molecular complexity index is 613. The molecule has 0 radical (unpaired) electrons. The van der Waals surface area contributed by atoms with Gasteiger partial charge in [0.2, 0.25) is 0 Å². The Morgan fingerprint density at radius 1 is 1.30 bits per heavy atom. The largest absolute Gasteiger partial charge is 0.489 e. The highest BCUT2D eigenvalue weighted by molar-refractivity contribution is 6.30. The van der Waals surface area contributed by atoms with Gasteiger partial charge in [-0.1, -0.05) is 35.9 Å². The zero-order valence-corrected chi connectivity index (χ0v) is 12.2. The van der Waals surface area contributed by atoms with Gasteiger partial charge in [-0.05, 0) is 37.1 Å². The first-order valence-electron chi connectivity index (χ1n) is 6.41. The maximum absolute atomic E-state index is 13.7. The van der Waals surface area contributed by atoms with Crippen molar-refractivity contribution >= 4 is 11.6 Å². The van der Waals surface area contributed by atoms with E-state index < -0.39 is 5.82 Å².